The van der Waals surface area contributed by atoms with E-state index in [2.05, 4.69) is 26.7 Å². The van der Waals surface area contributed by atoms with Crippen molar-refractivity contribution in [3.8, 4) is 5.75 Å². The van der Waals surface area contributed by atoms with Crippen LogP contribution in [0.5, 0.6) is 5.75 Å². The Morgan fingerprint density at radius 2 is 2.17 bits per heavy atom. The van der Waals surface area contributed by atoms with Crippen LogP contribution in [0, 0.1) is 6.92 Å². The Balaban J connectivity index is 1.92. The number of methoxy groups -OCH3 is 1. The summed E-state index contributed by atoms with van der Waals surface area (Å²) in [5.41, 5.74) is 2.11. The fourth-order valence-corrected chi connectivity index (χ4v) is 3.21. The zero-order chi connectivity index (χ0) is 16.2. The number of nitrogens with zero attached hydrogens (tertiary/aromatic N) is 3. The predicted octanol–water partition coefficient (Wildman–Crippen LogP) is 3.07. The predicted molar refractivity (Wildman–Crippen MR) is 91.7 cm³/mol. The highest BCUT2D eigenvalue weighted by atomic mass is 32.1. The Kier molecular flexibility index (Phi) is 4.73. The first kappa shape index (κ1) is 15.7. The van der Waals surface area contributed by atoms with Crippen LogP contribution in [0.3, 0.4) is 0 Å². The van der Waals surface area contributed by atoms with Gasteiger partial charge < -0.3 is 9.30 Å². The van der Waals surface area contributed by atoms with Crippen molar-refractivity contribution in [2.45, 2.75) is 19.5 Å². The second-order valence-corrected chi connectivity index (χ2v) is 6.37. The molecule has 1 N–H and O–H groups in total. The van der Waals surface area contributed by atoms with Gasteiger partial charge in [-0.15, -0.1) is 11.3 Å². The molecule has 2 heterocycles. The van der Waals surface area contributed by atoms with Crippen LogP contribution in [0.4, 0.5) is 0 Å². The van der Waals surface area contributed by atoms with E-state index in [1.54, 1.807) is 18.4 Å². The Labute approximate surface area is 140 Å². The van der Waals surface area contributed by atoms with E-state index in [1.165, 1.54) is 0 Å². The molecule has 0 aliphatic carbocycles. The second-order valence-electron chi connectivity index (χ2n) is 5.31. The maximum atomic E-state index is 5.53. The highest BCUT2D eigenvalue weighted by Crippen LogP contribution is 2.29. The van der Waals surface area contributed by atoms with Crippen molar-refractivity contribution < 1.29 is 4.74 Å². The highest BCUT2D eigenvalue weighted by Gasteiger charge is 2.21. The van der Waals surface area contributed by atoms with E-state index in [0.717, 1.165) is 27.8 Å². The van der Waals surface area contributed by atoms with Gasteiger partial charge in [-0.1, -0.05) is 18.2 Å². The lowest BCUT2D eigenvalue weighted by molar-refractivity contribution is 0.401. The van der Waals surface area contributed by atoms with E-state index in [4.69, 9.17) is 4.74 Å². The monoisotopic (exact) mass is 328 g/mol. The summed E-state index contributed by atoms with van der Waals surface area (Å²) in [7, 11) is 3.69. The van der Waals surface area contributed by atoms with Crippen LogP contribution in [0.15, 0.2) is 42.0 Å². The van der Waals surface area contributed by atoms with Gasteiger partial charge >= 0.3 is 0 Å². The van der Waals surface area contributed by atoms with Crippen molar-refractivity contribution in [1.29, 1.82) is 0 Å². The van der Waals surface area contributed by atoms with Crippen molar-refractivity contribution in [2.75, 3.05) is 7.11 Å². The van der Waals surface area contributed by atoms with Gasteiger partial charge in [-0.25, -0.2) is 9.97 Å². The number of thiazole rings is 1. The maximum absolute atomic E-state index is 5.53. The largest absolute Gasteiger partial charge is 0.496 e. The van der Waals surface area contributed by atoms with Crippen molar-refractivity contribution in [1.82, 2.24) is 19.9 Å². The van der Waals surface area contributed by atoms with Gasteiger partial charge in [-0.05, 0) is 13.0 Å². The fourth-order valence-electron chi connectivity index (χ4n) is 2.60. The number of hydrogen-bond donors (Lipinski definition) is 1. The topological polar surface area (TPSA) is 52.0 Å². The molecule has 0 spiro atoms. The summed E-state index contributed by atoms with van der Waals surface area (Å²) in [6, 6.07) is 7.97. The fraction of sp³-hybridized carbons (Fsp3) is 0.294. The number of rotatable bonds is 6. The molecule has 6 heteroatoms. The molecule has 2 aromatic heterocycles. The van der Waals surface area contributed by atoms with Crippen molar-refractivity contribution in [3.63, 3.8) is 0 Å². The summed E-state index contributed by atoms with van der Waals surface area (Å²) >= 11 is 1.66. The van der Waals surface area contributed by atoms with Gasteiger partial charge in [-0.2, -0.15) is 0 Å². The molecule has 0 aliphatic rings. The highest BCUT2D eigenvalue weighted by molar-refractivity contribution is 7.09. The minimum Gasteiger partial charge on any atom is -0.496 e. The molecule has 1 unspecified atom stereocenters. The summed E-state index contributed by atoms with van der Waals surface area (Å²) in [4.78, 5) is 9.03. The van der Waals surface area contributed by atoms with E-state index in [9.17, 15) is 0 Å². The molecule has 0 aliphatic heterocycles. The van der Waals surface area contributed by atoms with E-state index in [-0.39, 0.29) is 6.04 Å². The van der Waals surface area contributed by atoms with Crippen molar-refractivity contribution in [3.05, 3.63) is 64.1 Å². The first-order valence-corrected chi connectivity index (χ1v) is 8.31. The Hall–Kier alpha value is -2.18. The first-order chi connectivity index (χ1) is 11.2. The van der Waals surface area contributed by atoms with Gasteiger partial charge in [0, 0.05) is 36.9 Å². The number of nitrogens with one attached hydrogen (secondary N) is 1. The zero-order valence-corrected chi connectivity index (χ0v) is 14.3. The van der Waals surface area contributed by atoms with Crippen LogP contribution < -0.4 is 10.1 Å². The van der Waals surface area contributed by atoms with Gasteiger partial charge in [0.25, 0.3) is 0 Å². The first-order valence-electron chi connectivity index (χ1n) is 7.43. The number of aromatic nitrogens is 3. The molecule has 23 heavy (non-hydrogen) atoms. The quantitative estimate of drug-likeness (QED) is 0.755. The average Bonchev–Trinajstić information content (AvgIpc) is 3.17. The molecular weight excluding hydrogens is 308 g/mol. The van der Waals surface area contributed by atoms with Crippen LogP contribution in [0.2, 0.25) is 0 Å². The average molecular weight is 328 g/mol. The Morgan fingerprint density at radius 3 is 2.83 bits per heavy atom. The summed E-state index contributed by atoms with van der Waals surface area (Å²) in [5.74, 6) is 1.80. The van der Waals surface area contributed by atoms with Crippen LogP contribution in [0.25, 0.3) is 0 Å². The standard InChI is InChI=1S/C17H20N4OS/c1-12-20-13(11-23-12)10-19-16(17-18-8-9-21(17)2)14-6-4-5-7-15(14)22-3/h4-9,11,16,19H,10H2,1-3H3. The van der Waals surface area contributed by atoms with Crippen molar-refractivity contribution >= 4 is 11.3 Å². The molecule has 0 fully saturated rings. The third kappa shape index (κ3) is 3.43. The lowest BCUT2D eigenvalue weighted by Crippen LogP contribution is -2.25. The van der Waals surface area contributed by atoms with E-state index >= 15 is 0 Å². The molecule has 5 nitrogen and oxygen atoms in total. The summed E-state index contributed by atoms with van der Waals surface area (Å²) in [5, 5.41) is 6.72. The van der Waals surface area contributed by atoms with Crippen LogP contribution in [0.1, 0.15) is 28.1 Å². The van der Waals surface area contributed by atoms with E-state index in [1.807, 2.05) is 49.1 Å². The number of ether oxygens (including phenoxy) is 1. The van der Waals surface area contributed by atoms with Crippen LogP contribution in [-0.4, -0.2) is 21.6 Å². The minimum absolute atomic E-state index is 0.0619. The third-order valence-electron chi connectivity index (χ3n) is 3.72. The molecule has 0 amide bonds. The minimum atomic E-state index is -0.0619. The molecule has 3 aromatic rings. The zero-order valence-electron chi connectivity index (χ0n) is 13.5. The van der Waals surface area contributed by atoms with Crippen molar-refractivity contribution in [2.24, 2.45) is 7.05 Å². The molecular formula is C17H20N4OS. The number of para-hydroxylation sites is 1. The molecule has 1 aromatic carbocycles. The number of benzene rings is 1. The smallest absolute Gasteiger partial charge is 0.130 e. The molecule has 3 rings (SSSR count). The number of hydrogen-bond acceptors (Lipinski definition) is 5. The Morgan fingerprint density at radius 1 is 1.35 bits per heavy atom. The normalized spacial score (nSPS) is 12.3. The van der Waals surface area contributed by atoms with Gasteiger partial charge in [0.05, 0.1) is 23.9 Å². The molecule has 120 valence electrons. The SMILES string of the molecule is COc1ccccc1C(NCc1csc(C)n1)c1nccn1C. The van der Waals surface area contributed by atoms with Crippen LogP contribution >= 0.6 is 11.3 Å². The molecule has 0 radical (unpaired) electrons. The molecule has 0 saturated carbocycles. The van der Waals surface area contributed by atoms with Gasteiger partial charge in [0.15, 0.2) is 0 Å². The summed E-state index contributed by atoms with van der Waals surface area (Å²) in [6.45, 7) is 2.70. The van der Waals surface area contributed by atoms with Gasteiger partial charge in [-0.3, -0.25) is 5.32 Å². The second kappa shape index (κ2) is 6.93. The third-order valence-corrected chi connectivity index (χ3v) is 4.54. The number of imidazole rings is 1. The lowest BCUT2D eigenvalue weighted by atomic mass is 10.0. The molecule has 0 saturated heterocycles. The van der Waals surface area contributed by atoms with Crippen LogP contribution in [-0.2, 0) is 13.6 Å². The molecule has 0 bridgehead atoms. The Bertz CT molecular complexity index is 780. The van der Waals surface area contributed by atoms with Gasteiger partial charge in [0.1, 0.15) is 11.6 Å². The van der Waals surface area contributed by atoms with Gasteiger partial charge in [0.2, 0.25) is 0 Å². The number of aryl methyl sites for hydroxylation is 2. The maximum Gasteiger partial charge on any atom is 0.130 e. The lowest BCUT2D eigenvalue weighted by Gasteiger charge is -2.21. The summed E-state index contributed by atoms with van der Waals surface area (Å²) in [6.07, 6.45) is 3.76. The molecule has 1 atom stereocenters. The summed E-state index contributed by atoms with van der Waals surface area (Å²) < 4.78 is 7.55. The van der Waals surface area contributed by atoms with E-state index in [0.29, 0.717) is 6.54 Å². The van der Waals surface area contributed by atoms with E-state index < -0.39 is 0 Å².